The molecule has 1 aromatic carbocycles. The Morgan fingerprint density at radius 2 is 1.63 bits per heavy atom. The maximum absolute atomic E-state index is 14.9. The molecule has 3 saturated heterocycles. The molecule has 0 saturated carbocycles. The zero-order chi connectivity index (χ0) is 47.5. The van der Waals surface area contributed by atoms with E-state index in [0.717, 1.165) is 0 Å². The zero-order valence-corrected chi connectivity index (χ0v) is 37.9. The number of ether oxygens (including phenoxy) is 3. The second-order valence-electron chi connectivity index (χ2n) is 15.4. The molecule has 67 heavy (non-hydrogen) atoms. The van der Waals surface area contributed by atoms with E-state index in [1.54, 1.807) is 51.1 Å². The normalized spacial score (nSPS) is 28.8. The standard InChI is InChI=1S/C38H43N13O14P2/c1-20(2)33(52)45-38-44-31-26(35(54)46-38)42-19-50(31)37-29-28(57-5)24(63-37)17-61-67(56,59-15-13-40-4)64-27-21(3)36(62-23(27)16-60-66(55,65-29)58-14-9-12-39)51-18-41-25-30(47-49-48-32(25)51)43-34(53)22-10-7-6-8-11-22/h6-8,10-11,18-21,23-24,27-29,36-37H,9,13-17H2,1-3,5H3,(H,43,47,48,53)(H2,44,45,46,52,54)/t21-,23-,24-,27+,28-,29-,36-,37-,66?,67?/m1/s1. The summed E-state index contributed by atoms with van der Waals surface area (Å²) in [6.45, 7) is 10.0. The van der Waals surface area contributed by atoms with E-state index in [2.05, 4.69) is 50.8 Å². The van der Waals surface area contributed by atoms with E-state index in [0.29, 0.717) is 5.56 Å². The molecular formula is C38H43N13O14P2. The molecule has 3 N–H and O–H groups in total. The molecule has 5 aromatic rings. The number of methoxy groups -OCH3 is 1. The zero-order valence-electron chi connectivity index (χ0n) is 36.1. The van der Waals surface area contributed by atoms with Crippen molar-refractivity contribution in [2.75, 3.05) is 50.7 Å². The number of nitrogens with zero attached hydrogens (tertiary/aromatic N) is 10. The van der Waals surface area contributed by atoms with E-state index in [-0.39, 0.29) is 53.7 Å². The number of amides is 2. The molecule has 3 fully saturated rings. The van der Waals surface area contributed by atoms with Crippen LogP contribution in [0.3, 0.4) is 0 Å². The van der Waals surface area contributed by atoms with Crippen molar-refractivity contribution in [2.24, 2.45) is 11.8 Å². The number of imidazole rings is 2. The van der Waals surface area contributed by atoms with E-state index in [1.807, 2.05) is 6.07 Å². The van der Waals surface area contributed by atoms with Gasteiger partial charge in [0.05, 0.1) is 45.0 Å². The summed E-state index contributed by atoms with van der Waals surface area (Å²) >= 11 is 0. The smallest absolute Gasteiger partial charge is 0.376 e. The maximum atomic E-state index is 14.9. The molecule has 354 valence electrons. The number of hydrogen-bond donors (Lipinski definition) is 3. The minimum absolute atomic E-state index is 0.00164. The van der Waals surface area contributed by atoms with Crippen LogP contribution in [0.25, 0.3) is 27.2 Å². The summed E-state index contributed by atoms with van der Waals surface area (Å²) in [5.74, 6) is -2.39. The Kier molecular flexibility index (Phi) is 14.3. The molecule has 8 rings (SSSR count). The van der Waals surface area contributed by atoms with Crippen LogP contribution in [0.5, 0.6) is 0 Å². The highest BCUT2D eigenvalue weighted by Crippen LogP contribution is 2.58. The van der Waals surface area contributed by atoms with Crippen LogP contribution in [0.1, 0.15) is 50.0 Å². The number of phosphoric acid groups is 2. The van der Waals surface area contributed by atoms with Gasteiger partial charge in [-0.25, -0.2) is 25.7 Å². The number of anilines is 2. The molecule has 0 radical (unpaired) electrons. The molecule has 0 aliphatic carbocycles. The number of phosphoric ester groups is 2. The van der Waals surface area contributed by atoms with E-state index >= 15 is 0 Å². The van der Waals surface area contributed by atoms with Gasteiger partial charge >= 0.3 is 15.6 Å². The van der Waals surface area contributed by atoms with Gasteiger partial charge in [-0.05, 0) is 17.3 Å². The summed E-state index contributed by atoms with van der Waals surface area (Å²) in [4.78, 5) is 57.6. The number of carbonyl (C=O) groups excluding carboxylic acids is 2. The number of carbonyl (C=O) groups is 2. The fourth-order valence-electron chi connectivity index (χ4n) is 7.44. The van der Waals surface area contributed by atoms with Gasteiger partial charge in [-0.2, -0.15) is 10.2 Å². The monoisotopic (exact) mass is 967 g/mol. The van der Waals surface area contributed by atoms with Gasteiger partial charge in [0.25, 0.3) is 11.5 Å². The fraction of sp³-hybridized carbons (Fsp3) is 0.500. The van der Waals surface area contributed by atoms with Crippen LogP contribution in [0.4, 0.5) is 11.8 Å². The predicted octanol–water partition coefficient (Wildman–Crippen LogP) is 3.55. The minimum Gasteiger partial charge on any atom is -0.376 e. The van der Waals surface area contributed by atoms with Crippen molar-refractivity contribution in [1.82, 2.24) is 44.5 Å². The average molecular weight is 968 g/mol. The lowest BCUT2D eigenvalue weighted by Crippen LogP contribution is -2.37. The van der Waals surface area contributed by atoms with Crippen LogP contribution >= 0.6 is 15.6 Å². The Labute approximate surface area is 379 Å². The number of benzene rings is 1. The Morgan fingerprint density at radius 1 is 0.955 bits per heavy atom. The lowest BCUT2D eigenvalue weighted by Gasteiger charge is -2.28. The van der Waals surface area contributed by atoms with Gasteiger partial charge in [0.1, 0.15) is 43.4 Å². The van der Waals surface area contributed by atoms with Gasteiger partial charge in [0.2, 0.25) is 18.4 Å². The van der Waals surface area contributed by atoms with Crippen LogP contribution < -0.4 is 16.2 Å². The molecule has 29 heteroatoms. The third-order valence-electron chi connectivity index (χ3n) is 10.7. The number of fused-ring (bicyclic) bond motifs is 5. The first-order chi connectivity index (χ1) is 32.2. The van der Waals surface area contributed by atoms with Crippen molar-refractivity contribution in [1.29, 1.82) is 5.26 Å². The number of H-pyrrole nitrogens is 1. The molecule has 0 spiro atoms. The lowest BCUT2D eigenvalue weighted by atomic mass is 10.0. The van der Waals surface area contributed by atoms with Gasteiger partial charge in [-0.1, -0.05) is 39.0 Å². The number of aromatic amines is 1. The second kappa shape index (κ2) is 20.1. The van der Waals surface area contributed by atoms with Crippen molar-refractivity contribution < 1.29 is 60.1 Å². The Bertz CT molecular complexity index is 2870. The Morgan fingerprint density at radius 3 is 2.33 bits per heavy atom. The summed E-state index contributed by atoms with van der Waals surface area (Å²) in [5, 5.41) is 26.6. The van der Waals surface area contributed by atoms with Gasteiger partial charge in [0.15, 0.2) is 34.4 Å². The van der Waals surface area contributed by atoms with Crippen LogP contribution in [-0.2, 0) is 55.3 Å². The average Bonchev–Trinajstić information content (AvgIpc) is 4.09. The number of aromatic nitrogens is 9. The van der Waals surface area contributed by atoms with E-state index in [9.17, 15) is 28.8 Å². The predicted molar refractivity (Wildman–Crippen MR) is 227 cm³/mol. The van der Waals surface area contributed by atoms with Crippen LogP contribution in [0, 0.1) is 29.7 Å². The van der Waals surface area contributed by atoms with Gasteiger partial charge in [0, 0.05) is 24.5 Å². The number of rotatable bonds is 13. The topological polar surface area (TPSA) is 324 Å². The first-order valence-corrected chi connectivity index (χ1v) is 23.6. The van der Waals surface area contributed by atoms with Crippen molar-refractivity contribution >= 4 is 61.6 Å². The minimum atomic E-state index is -4.83. The molecule has 4 aromatic heterocycles. The summed E-state index contributed by atoms with van der Waals surface area (Å²) in [6.07, 6.45) is -6.60. The molecule has 27 nitrogen and oxygen atoms in total. The highest BCUT2D eigenvalue weighted by atomic mass is 31.2. The molecule has 2 unspecified atom stereocenters. The van der Waals surface area contributed by atoms with Crippen LogP contribution in [-0.4, -0.2) is 127 Å². The lowest BCUT2D eigenvalue weighted by molar-refractivity contribution is -0.118. The molecule has 10 atom stereocenters. The number of nitriles is 1. The SMILES string of the molecule is [C-]#[N+]CCOP1(=O)OC[C@H]2O[C@@H](n3cnc4c(=O)[nH]c(NC(=O)C(C)C)nc43)[C@H](OP(=O)(OCCC#N)OC[C@H]3O[C@@H](n4cnc5c(NC(=O)c6ccccc6)nnnc54)[C@H](C)[C@@H]3O1)[C@@H]2OC. The van der Waals surface area contributed by atoms with Crippen molar-refractivity contribution in [3.05, 3.63) is 70.3 Å². The van der Waals surface area contributed by atoms with E-state index in [4.69, 9.17) is 47.9 Å². The van der Waals surface area contributed by atoms with Gasteiger partial charge in [-0.3, -0.25) is 61.0 Å². The Hall–Kier alpha value is -5.93. The maximum Gasteiger partial charge on any atom is 0.475 e. The molecule has 7 heterocycles. The molecule has 3 aliphatic heterocycles. The van der Waals surface area contributed by atoms with E-state index in [1.165, 1.54) is 28.9 Å². The van der Waals surface area contributed by atoms with Gasteiger partial charge < -0.3 is 24.4 Å². The molecular weight excluding hydrogens is 924 g/mol. The quantitative estimate of drug-likeness (QED) is 0.0863. The van der Waals surface area contributed by atoms with Crippen molar-refractivity contribution in [3.8, 4) is 6.07 Å². The summed E-state index contributed by atoms with van der Waals surface area (Å²) in [6, 6.07) is 10.3. The first-order valence-electron chi connectivity index (χ1n) is 20.6. The molecule has 2 bridgehead atoms. The first kappa shape index (κ1) is 47.6. The number of nitrogens with one attached hydrogen (secondary N) is 3. The highest BCUT2D eigenvalue weighted by molar-refractivity contribution is 7.48. The largest absolute Gasteiger partial charge is 0.475 e. The third-order valence-corrected chi connectivity index (χ3v) is 13.6. The number of hydrogen-bond acceptors (Lipinski definition) is 21. The third kappa shape index (κ3) is 10.0. The van der Waals surface area contributed by atoms with Crippen LogP contribution in [0.15, 0.2) is 47.8 Å². The summed E-state index contributed by atoms with van der Waals surface area (Å²) < 4.78 is 86.9. The highest BCUT2D eigenvalue weighted by Gasteiger charge is 2.55. The summed E-state index contributed by atoms with van der Waals surface area (Å²) in [5.41, 5.74) is -0.362. The molecule has 3 aliphatic rings. The van der Waals surface area contributed by atoms with Gasteiger partial charge in [-0.15, -0.1) is 10.2 Å². The molecule has 2 amide bonds. The fourth-order valence-corrected chi connectivity index (χ4v) is 10.3. The van der Waals surface area contributed by atoms with Crippen molar-refractivity contribution in [3.63, 3.8) is 0 Å². The Balaban J connectivity index is 1.15. The van der Waals surface area contributed by atoms with Crippen molar-refractivity contribution in [2.45, 2.75) is 70.2 Å². The summed E-state index contributed by atoms with van der Waals surface area (Å²) in [7, 11) is -8.26. The van der Waals surface area contributed by atoms with E-state index < -0.39 is 108 Å². The van der Waals surface area contributed by atoms with Crippen LogP contribution in [0.2, 0.25) is 0 Å². The second-order valence-corrected chi connectivity index (χ2v) is 18.7.